The molecular weight excluding hydrogens is 462 g/mol. The van der Waals surface area contributed by atoms with E-state index in [2.05, 4.69) is 5.32 Å². The topological polar surface area (TPSA) is 114 Å². The first kappa shape index (κ1) is 25.3. The first-order valence-corrected chi connectivity index (χ1v) is 11.9. The van der Waals surface area contributed by atoms with Crippen LogP contribution in [0, 0.1) is 12.8 Å². The predicted octanol–water partition coefficient (Wildman–Crippen LogP) is 2.26. The number of carbonyl (C=O) groups excluding carboxylic acids is 2. The Bertz CT molecular complexity index is 1190. The average molecular weight is 492 g/mol. The van der Waals surface area contributed by atoms with Gasteiger partial charge in [0.05, 0.1) is 37.8 Å². The van der Waals surface area contributed by atoms with Crippen LogP contribution in [0.5, 0.6) is 17.2 Å². The maximum absolute atomic E-state index is 12.9. The number of methoxy groups -OCH3 is 3. The average Bonchev–Trinajstić information content (AvgIpc) is 3.20. The van der Waals surface area contributed by atoms with Gasteiger partial charge in [-0.1, -0.05) is 6.07 Å². The van der Waals surface area contributed by atoms with Crippen LogP contribution in [-0.2, 0) is 19.6 Å². The van der Waals surface area contributed by atoms with E-state index in [1.54, 1.807) is 31.2 Å². The molecule has 1 fully saturated rings. The van der Waals surface area contributed by atoms with Crippen LogP contribution >= 0.6 is 0 Å². The Morgan fingerprint density at radius 3 is 2.21 bits per heavy atom. The monoisotopic (exact) mass is 491 g/mol. The van der Waals surface area contributed by atoms with Gasteiger partial charge in [0.2, 0.25) is 27.6 Å². The zero-order valence-corrected chi connectivity index (χ0v) is 20.9. The molecule has 0 spiro atoms. The van der Waals surface area contributed by atoms with Gasteiger partial charge in [-0.15, -0.1) is 0 Å². The Balaban J connectivity index is 1.82. The number of ether oxygens (including phenoxy) is 3. The fraction of sp³-hybridized carbons (Fsp3) is 0.391. The summed E-state index contributed by atoms with van der Waals surface area (Å²) < 4.78 is 42.3. The van der Waals surface area contributed by atoms with Gasteiger partial charge in [-0.2, -0.15) is 0 Å². The standard InChI is InChI=1S/C23H29N3O7S/c1-14-7-8-16(10-20(14)34(29,30)25(2)3)24-23(28)15-9-21(27)26(13-15)17-11-18(31-4)22(33-6)19(12-17)32-5/h7-8,10-12,15H,9,13H2,1-6H3,(H,24,28)/t15-/m0/s1. The zero-order valence-electron chi connectivity index (χ0n) is 20.0. The van der Waals surface area contributed by atoms with E-state index in [9.17, 15) is 18.0 Å². The lowest BCUT2D eigenvalue weighted by Crippen LogP contribution is -2.28. The number of nitrogens with one attached hydrogen (secondary N) is 1. The molecule has 11 heteroatoms. The van der Waals surface area contributed by atoms with Gasteiger partial charge in [-0.3, -0.25) is 9.59 Å². The second-order valence-electron chi connectivity index (χ2n) is 8.05. The van der Waals surface area contributed by atoms with E-state index in [0.717, 1.165) is 4.31 Å². The van der Waals surface area contributed by atoms with Crippen molar-refractivity contribution in [3.8, 4) is 17.2 Å². The van der Waals surface area contributed by atoms with E-state index < -0.39 is 15.9 Å². The fourth-order valence-corrected chi connectivity index (χ4v) is 4.90. The van der Waals surface area contributed by atoms with E-state index in [-0.39, 0.29) is 29.7 Å². The lowest BCUT2D eigenvalue weighted by Gasteiger charge is -2.20. The highest BCUT2D eigenvalue weighted by molar-refractivity contribution is 7.89. The van der Waals surface area contributed by atoms with Crippen molar-refractivity contribution in [1.82, 2.24) is 4.31 Å². The van der Waals surface area contributed by atoms with Crippen LogP contribution < -0.4 is 24.4 Å². The van der Waals surface area contributed by atoms with Crippen molar-refractivity contribution in [1.29, 1.82) is 0 Å². The highest BCUT2D eigenvalue weighted by Crippen LogP contribution is 2.42. The summed E-state index contributed by atoms with van der Waals surface area (Å²) in [6.45, 7) is 1.84. The number of rotatable bonds is 8. The number of sulfonamides is 1. The van der Waals surface area contributed by atoms with E-state index in [1.165, 1.54) is 46.4 Å². The third-order valence-corrected chi connectivity index (χ3v) is 7.63. The number of anilines is 2. The van der Waals surface area contributed by atoms with Crippen molar-refractivity contribution in [2.75, 3.05) is 52.2 Å². The molecule has 0 radical (unpaired) electrons. The molecule has 0 aromatic heterocycles. The van der Waals surface area contributed by atoms with Crippen LogP contribution in [0.3, 0.4) is 0 Å². The van der Waals surface area contributed by atoms with E-state index >= 15 is 0 Å². The lowest BCUT2D eigenvalue weighted by molar-refractivity contribution is -0.122. The van der Waals surface area contributed by atoms with Crippen LogP contribution in [0.1, 0.15) is 12.0 Å². The molecule has 34 heavy (non-hydrogen) atoms. The third kappa shape index (κ3) is 4.80. The third-order valence-electron chi connectivity index (χ3n) is 5.67. The van der Waals surface area contributed by atoms with Gasteiger partial charge in [0.1, 0.15) is 0 Å². The molecule has 1 atom stereocenters. The Kier molecular flexibility index (Phi) is 7.37. The summed E-state index contributed by atoms with van der Waals surface area (Å²) in [5, 5.41) is 2.75. The van der Waals surface area contributed by atoms with Crippen molar-refractivity contribution in [2.45, 2.75) is 18.2 Å². The minimum atomic E-state index is -3.67. The lowest BCUT2D eigenvalue weighted by atomic mass is 10.1. The van der Waals surface area contributed by atoms with Crippen molar-refractivity contribution in [2.24, 2.45) is 5.92 Å². The minimum absolute atomic E-state index is 0.0111. The normalized spacial score (nSPS) is 16.0. The summed E-state index contributed by atoms with van der Waals surface area (Å²) in [5.41, 5.74) is 1.43. The van der Waals surface area contributed by atoms with Gasteiger partial charge in [-0.25, -0.2) is 12.7 Å². The number of hydrogen-bond acceptors (Lipinski definition) is 7. The minimum Gasteiger partial charge on any atom is -0.493 e. The van der Waals surface area contributed by atoms with Gasteiger partial charge in [0.15, 0.2) is 11.5 Å². The second kappa shape index (κ2) is 9.90. The molecule has 10 nitrogen and oxygen atoms in total. The second-order valence-corrected chi connectivity index (χ2v) is 10.2. The number of aryl methyl sites for hydroxylation is 1. The highest BCUT2D eigenvalue weighted by atomic mass is 32.2. The molecule has 0 aliphatic carbocycles. The Morgan fingerprint density at radius 1 is 1.06 bits per heavy atom. The predicted molar refractivity (Wildman–Crippen MR) is 127 cm³/mol. The van der Waals surface area contributed by atoms with E-state index in [0.29, 0.717) is 34.2 Å². The summed E-state index contributed by atoms with van der Waals surface area (Å²) in [4.78, 5) is 27.3. The first-order valence-electron chi connectivity index (χ1n) is 10.5. The Labute approximate surface area is 199 Å². The van der Waals surface area contributed by atoms with Gasteiger partial charge in [-0.05, 0) is 24.6 Å². The fourth-order valence-electron chi connectivity index (χ4n) is 3.75. The largest absolute Gasteiger partial charge is 0.493 e. The summed E-state index contributed by atoms with van der Waals surface area (Å²) in [5.74, 6) is -0.0347. The summed E-state index contributed by atoms with van der Waals surface area (Å²) in [7, 11) is 3.67. The van der Waals surface area contributed by atoms with Gasteiger partial charge in [0.25, 0.3) is 0 Å². The molecule has 1 aliphatic heterocycles. The molecule has 0 saturated carbocycles. The van der Waals surface area contributed by atoms with Gasteiger partial charge < -0.3 is 24.4 Å². The maximum Gasteiger partial charge on any atom is 0.242 e. The number of carbonyl (C=O) groups is 2. The van der Waals surface area contributed by atoms with Crippen molar-refractivity contribution < 1.29 is 32.2 Å². The van der Waals surface area contributed by atoms with Gasteiger partial charge in [0, 0.05) is 44.9 Å². The van der Waals surface area contributed by atoms with Crippen LogP contribution in [0.2, 0.25) is 0 Å². The van der Waals surface area contributed by atoms with E-state index in [1.807, 2.05) is 0 Å². The quantitative estimate of drug-likeness (QED) is 0.602. The van der Waals surface area contributed by atoms with Crippen molar-refractivity contribution >= 4 is 33.2 Å². The molecule has 0 bridgehead atoms. The first-order chi connectivity index (χ1) is 16.0. The smallest absolute Gasteiger partial charge is 0.242 e. The molecule has 2 amide bonds. The summed E-state index contributed by atoms with van der Waals surface area (Å²) >= 11 is 0. The number of benzene rings is 2. The molecule has 2 aromatic carbocycles. The van der Waals surface area contributed by atoms with Crippen molar-refractivity contribution in [3.63, 3.8) is 0 Å². The van der Waals surface area contributed by atoms with Gasteiger partial charge >= 0.3 is 0 Å². The summed E-state index contributed by atoms with van der Waals surface area (Å²) in [6.07, 6.45) is 0.0111. The molecule has 1 heterocycles. The Morgan fingerprint density at radius 2 is 1.68 bits per heavy atom. The molecular formula is C23H29N3O7S. The highest BCUT2D eigenvalue weighted by Gasteiger charge is 2.36. The number of hydrogen-bond donors (Lipinski definition) is 1. The molecule has 0 unspecified atom stereocenters. The molecule has 184 valence electrons. The number of amides is 2. The maximum atomic E-state index is 12.9. The SMILES string of the molecule is COc1cc(N2C[C@@H](C(=O)Nc3ccc(C)c(S(=O)(=O)N(C)C)c3)CC2=O)cc(OC)c1OC. The van der Waals surface area contributed by atoms with Crippen molar-refractivity contribution in [3.05, 3.63) is 35.9 Å². The molecule has 3 rings (SSSR count). The van der Waals surface area contributed by atoms with Crippen LogP contribution in [-0.4, -0.2) is 66.5 Å². The number of nitrogens with zero attached hydrogens (tertiary/aromatic N) is 2. The van der Waals surface area contributed by atoms with E-state index in [4.69, 9.17) is 14.2 Å². The van der Waals surface area contributed by atoms with Crippen LogP contribution in [0.25, 0.3) is 0 Å². The molecule has 2 aromatic rings. The molecule has 1 saturated heterocycles. The zero-order chi connectivity index (χ0) is 25.2. The Hall–Kier alpha value is -3.31. The van der Waals surface area contributed by atoms with Crippen LogP contribution in [0.4, 0.5) is 11.4 Å². The van der Waals surface area contributed by atoms with Crippen LogP contribution in [0.15, 0.2) is 35.2 Å². The summed E-state index contributed by atoms with van der Waals surface area (Å²) in [6, 6.07) is 8.00. The molecule has 1 N–H and O–H groups in total. The molecule has 1 aliphatic rings.